The number of halogens is 1. The number of hydrogen-bond donors (Lipinski definition) is 0. The number of hydrogen-bond acceptors (Lipinski definition) is 0. The third-order valence-electron chi connectivity index (χ3n) is 5.55. The van der Waals surface area contributed by atoms with Gasteiger partial charge in [0.2, 0.25) is 0 Å². The van der Waals surface area contributed by atoms with Gasteiger partial charge in [-0.2, -0.15) is 0 Å². The van der Waals surface area contributed by atoms with Crippen molar-refractivity contribution in [2.24, 2.45) is 0 Å². The summed E-state index contributed by atoms with van der Waals surface area (Å²) in [5.41, 5.74) is 8.68. The SMILES string of the molecule is CC1=C(C)C(C)[PH]([Zr+2][PH]2=C(C)C(C)=C(C)C2C)=C1C.[Cl-].[H-]. The number of allylic oxidation sites excluding steroid dienone is 4. The third-order valence-corrected chi connectivity index (χ3v) is 36.5. The molecule has 4 unspecified atom stereocenters. The van der Waals surface area contributed by atoms with Crippen molar-refractivity contribution in [2.45, 2.75) is 66.7 Å². The van der Waals surface area contributed by atoms with E-state index in [1.54, 1.807) is 22.3 Å². The molecule has 0 aromatic heterocycles. The zero-order valence-electron chi connectivity index (χ0n) is 15.0. The van der Waals surface area contributed by atoms with E-state index in [0.717, 1.165) is 11.3 Å². The maximum atomic E-state index is 2.52. The molecule has 0 saturated heterocycles. The van der Waals surface area contributed by atoms with E-state index in [9.17, 15) is 0 Å². The Kier molecular flexibility index (Phi) is 6.96. The molecule has 0 N–H and O–H groups in total. The summed E-state index contributed by atoms with van der Waals surface area (Å²) < 4.78 is 0. The maximum Gasteiger partial charge on any atom is -1.00 e. The monoisotopic (exact) mass is 408 g/mol. The minimum absolute atomic E-state index is 0. The van der Waals surface area contributed by atoms with Crippen LogP contribution in [0.4, 0.5) is 0 Å². The van der Waals surface area contributed by atoms with Crippen LogP contribution in [-0.4, -0.2) is 21.9 Å². The van der Waals surface area contributed by atoms with E-state index in [0.29, 0.717) is 0 Å². The molecule has 114 valence electrons. The van der Waals surface area contributed by atoms with Crippen molar-refractivity contribution in [3.63, 3.8) is 0 Å². The summed E-state index contributed by atoms with van der Waals surface area (Å²) in [6.45, 7) is 19.5. The van der Waals surface area contributed by atoms with E-state index in [-0.39, 0.29) is 45.6 Å². The molecule has 0 aliphatic carbocycles. The van der Waals surface area contributed by atoms with Crippen LogP contribution in [0.1, 0.15) is 56.8 Å². The average Bonchev–Trinajstić information content (AvgIpc) is 2.68. The van der Waals surface area contributed by atoms with Crippen LogP contribution in [0.5, 0.6) is 0 Å². The van der Waals surface area contributed by atoms with Crippen LogP contribution in [0.15, 0.2) is 22.3 Å². The summed E-state index contributed by atoms with van der Waals surface area (Å²) in [4.78, 5) is -0.298. The summed E-state index contributed by atoms with van der Waals surface area (Å²) in [7, 11) is 0. The molecular formula is C16H29ClP2Zr. The van der Waals surface area contributed by atoms with Gasteiger partial charge in [-0.1, -0.05) is 0 Å². The summed E-state index contributed by atoms with van der Waals surface area (Å²) in [5.74, 6) is 0. The molecule has 0 nitrogen and oxygen atoms in total. The Balaban J connectivity index is 0.00000200. The van der Waals surface area contributed by atoms with Gasteiger partial charge in [-0.15, -0.1) is 0 Å². The fraction of sp³-hybridized carbons (Fsp3) is 0.625. The van der Waals surface area contributed by atoms with E-state index in [1.807, 2.05) is 10.6 Å². The average molecular weight is 410 g/mol. The maximum absolute atomic E-state index is 2.52. The smallest absolute Gasteiger partial charge is 1.00 e. The fourth-order valence-electron chi connectivity index (χ4n) is 3.28. The first-order valence-electron chi connectivity index (χ1n) is 7.31. The molecule has 2 rings (SSSR count). The molecule has 0 amide bonds. The molecule has 0 radical (unpaired) electrons. The first-order valence-corrected chi connectivity index (χ1v) is 17.8. The largest absolute Gasteiger partial charge is 1.00 e. The molecule has 0 saturated carbocycles. The molecule has 0 bridgehead atoms. The Morgan fingerprint density at radius 3 is 1.25 bits per heavy atom. The molecule has 0 aromatic rings. The Labute approximate surface area is 144 Å². The zero-order chi connectivity index (χ0) is 14.5. The second-order valence-electron chi connectivity index (χ2n) is 6.26. The van der Waals surface area contributed by atoms with Crippen LogP contribution < -0.4 is 12.4 Å². The van der Waals surface area contributed by atoms with Gasteiger partial charge in [0.15, 0.2) is 0 Å². The van der Waals surface area contributed by atoms with Crippen molar-refractivity contribution in [3.8, 4) is 0 Å². The van der Waals surface area contributed by atoms with E-state index in [1.165, 1.54) is 0 Å². The number of rotatable bonds is 2. The Morgan fingerprint density at radius 2 is 1.05 bits per heavy atom. The normalized spacial score (nSPS) is 33.8. The Morgan fingerprint density at radius 1 is 0.750 bits per heavy atom. The van der Waals surface area contributed by atoms with E-state index < -0.39 is 0 Å². The minimum Gasteiger partial charge on any atom is -1.00 e. The standard InChI is InChI=1S/2C8H13P.ClH.Zr.H/c2*1-5-6(2)8(4)9-7(5)3;;;/h2*7H,1-4H3;1H;;/q;;;;-1/p+1. The van der Waals surface area contributed by atoms with Crippen LogP contribution in [-0.2, 0) is 22.1 Å². The zero-order valence-corrected chi connectivity index (χ0v) is 19.2. The second-order valence-corrected chi connectivity index (χ2v) is 25.6. The van der Waals surface area contributed by atoms with Gasteiger partial charge in [-0.25, -0.2) is 0 Å². The van der Waals surface area contributed by atoms with Gasteiger partial charge in [-0.05, 0) is 0 Å². The van der Waals surface area contributed by atoms with Crippen LogP contribution >= 0.6 is 9.68 Å². The van der Waals surface area contributed by atoms with Gasteiger partial charge in [0.05, 0.1) is 0 Å². The van der Waals surface area contributed by atoms with E-state index in [2.05, 4.69) is 55.4 Å². The van der Waals surface area contributed by atoms with E-state index >= 15 is 0 Å². The van der Waals surface area contributed by atoms with Gasteiger partial charge in [0.1, 0.15) is 0 Å². The van der Waals surface area contributed by atoms with Crippen molar-refractivity contribution in [2.75, 3.05) is 0 Å². The predicted molar refractivity (Wildman–Crippen MR) is 94.8 cm³/mol. The van der Waals surface area contributed by atoms with Crippen LogP contribution in [0, 0.1) is 0 Å². The van der Waals surface area contributed by atoms with Gasteiger partial charge in [0, 0.05) is 0 Å². The third kappa shape index (κ3) is 3.13. The Bertz CT molecular complexity index is 523. The molecule has 4 atom stereocenters. The Hall–Kier alpha value is 1.25. The topological polar surface area (TPSA) is 0 Å². The molecule has 2 aliphatic heterocycles. The minimum atomic E-state index is -0.231. The summed E-state index contributed by atoms with van der Waals surface area (Å²) in [6, 6.07) is 0. The first-order chi connectivity index (χ1) is 8.77. The van der Waals surface area contributed by atoms with Crippen molar-refractivity contribution in [1.29, 1.82) is 0 Å². The quantitative estimate of drug-likeness (QED) is 0.614. The first kappa shape index (κ1) is 19.3. The molecule has 2 aliphatic rings. The molecule has 4 heteroatoms. The summed E-state index contributed by atoms with van der Waals surface area (Å²) in [6.07, 6.45) is 0. The predicted octanol–water partition coefficient (Wildman–Crippen LogP) is 2.31. The van der Waals surface area contributed by atoms with Gasteiger partial charge in [-0.3, -0.25) is 0 Å². The summed E-state index contributed by atoms with van der Waals surface area (Å²) >= 11 is -0.231. The van der Waals surface area contributed by atoms with Crippen LogP contribution in [0.2, 0.25) is 0 Å². The van der Waals surface area contributed by atoms with E-state index in [4.69, 9.17) is 0 Å². The van der Waals surface area contributed by atoms with Crippen molar-refractivity contribution in [1.82, 2.24) is 0 Å². The molecule has 2 heterocycles. The molecular weight excluding hydrogens is 381 g/mol. The molecule has 20 heavy (non-hydrogen) atoms. The van der Waals surface area contributed by atoms with Gasteiger partial charge in [0.25, 0.3) is 0 Å². The summed E-state index contributed by atoms with van der Waals surface area (Å²) in [5, 5.41) is 3.70. The van der Waals surface area contributed by atoms with Crippen LogP contribution in [0.3, 0.4) is 0 Å². The van der Waals surface area contributed by atoms with Gasteiger partial charge >= 0.3 is 131 Å². The fourth-order valence-corrected chi connectivity index (χ4v) is 41.7. The van der Waals surface area contributed by atoms with Crippen molar-refractivity contribution >= 4 is 20.3 Å². The molecule has 0 spiro atoms. The van der Waals surface area contributed by atoms with Gasteiger partial charge < -0.3 is 13.8 Å². The van der Waals surface area contributed by atoms with Crippen LogP contribution in [0.25, 0.3) is 0 Å². The van der Waals surface area contributed by atoms with Crippen molar-refractivity contribution in [3.05, 3.63) is 22.3 Å². The molecule has 0 fully saturated rings. The molecule has 0 aromatic carbocycles. The van der Waals surface area contributed by atoms with Crippen molar-refractivity contribution < 1.29 is 35.9 Å². The second kappa shape index (κ2) is 7.22.